The Kier molecular flexibility index (Phi) is 6.79. The lowest BCUT2D eigenvalue weighted by Gasteiger charge is -2.28. The molecule has 0 aliphatic carbocycles. The summed E-state index contributed by atoms with van der Waals surface area (Å²) in [5.41, 5.74) is 0.639. The number of carbonyl (C=O) groups is 1. The number of benzene rings is 1. The minimum absolute atomic E-state index is 0.236. The van der Waals surface area contributed by atoms with Gasteiger partial charge < -0.3 is 4.74 Å². The first kappa shape index (κ1) is 15.9. The molecule has 0 heterocycles. The molecule has 0 saturated heterocycles. The van der Waals surface area contributed by atoms with Gasteiger partial charge in [0.25, 0.3) is 0 Å². The van der Waals surface area contributed by atoms with Crippen LogP contribution < -0.4 is 0 Å². The quantitative estimate of drug-likeness (QED) is 0.667. The van der Waals surface area contributed by atoms with Gasteiger partial charge in [-0.1, -0.05) is 44.2 Å². The summed E-state index contributed by atoms with van der Waals surface area (Å²) >= 11 is 0. The molecule has 2 nitrogen and oxygen atoms in total. The van der Waals surface area contributed by atoms with Crippen molar-refractivity contribution in [1.29, 1.82) is 0 Å². The Morgan fingerprint density at radius 1 is 1.16 bits per heavy atom. The van der Waals surface area contributed by atoms with Crippen molar-refractivity contribution in [3.8, 4) is 0 Å². The van der Waals surface area contributed by atoms with Crippen molar-refractivity contribution in [3.05, 3.63) is 35.9 Å². The zero-order valence-corrected chi connectivity index (χ0v) is 12.4. The fourth-order valence-electron chi connectivity index (χ4n) is 2.14. The first-order valence-corrected chi connectivity index (χ1v) is 7.33. The van der Waals surface area contributed by atoms with Crippen LogP contribution in [0.4, 0.5) is 0 Å². The normalized spacial score (nSPS) is 14.1. The van der Waals surface area contributed by atoms with Crippen molar-refractivity contribution >= 4 is 5.78 Å². The fourth-order valence-corrected chi connectivity index (χ4v) is 2.14. The second kappa shape index (κ2) is 8.11. The van der Waals surface area contributed by atoms with Crippen LogP contribution in [0.1, 0.15) is 52.0 Å². The molecule has 0 aromatic heterocycles. The van der Waals surface area contributed by atoms with E-state index in [1.54, 1.807) is 0 Å². The summed E-state index contributed by atoms with van der Waals surface area (Å²) in [6.45, 7) is 6.71. The number of Topliss-reactive ketones (excluding diaryl/α,β-unsaturated/α-hetero) is 1. The third-order valence-corrected chi connectivity index (χ3v) is 3.43. The molecule has 0 saturated carbocycles. The second-order valence-corrected chi connectivity index (χ2v) is 5.24. The number of carbonyl (C=O) groups excluding carboxylic acids is 1. The van der Waals surface area contributed by atoms with Crippen molar-refractivity contribution in [2.24, 2.45) is 0 Å². The Morgan fingerprint density at radius 2 is 1.84 bits per heavy atom. The monoisotopic (exact) mass is 262 g/mol. The number of rotatable bonds is 9. The van der Waals surface area contributed by atoms with E-state index in [1.807, 2.05) is 32.0 Å². The molecule has 1 rings (SSSR count). The van der Waals surface area contributed by atoms with Gasteiger partial charge in [-0.15, -0.1) is 0 Å². The van der Waals surface area contributed by atoms with Crippen LogP contribution >= 0.6 is 0 Å². The van der Waals surface area contributed by atoms with Crippen LogP contribution in [0.5, 0.6) is 0 Å². The zero-order chi connectivity index (χ0) is 14.1. The van der Waals surface area contributed by atoms with Gasteiger partial charge in [0.15, 0.2) is 5.78 Å². The molecule has 0 N–H and O–H groups in total. The highest BCUT2D eigenvalue weighted by Crippen LogP contribution is 2.22. The predicted molar refractivity (Wildman–Crippen MR) is 79.3 cm³/mol. The largest absolute Gasteiger partial charge is 0.368 e. The van der Waals surface area contributed by atoms with Crippen LogP contribution in [-0.2, 0) is 16.0 Å². The average molecular weight is 262 g/mol. The van der Waals surface area contributed by atoms with Gasteiger partial charge in [0, 0.05) is 13.0 Å². The maximum Gasteiger partial charge on any atom is 0.164 e. The van der Waals surface area contributed by atoms with Gasteiger partial charge in [0.1, 0.15) is 5.60 Å². The van der Waals surface area contributed by atoms with E-state index in [4.69, 9.17) is 4.74 Å². The fraction of sp³-hybridized carbons (Fsp3) is 0.588. The van der Waals surface area contributed by atoms with E-state index in [0.717, 1.165) is 25.7 Å². The standard InChI is InChI=1S/C17H26O2/c1-4-9-16(18)17(3,19-14-5-2)13-12-15-10-7-6-8-11-15/h6-8,10-11H,4-5,9,12-14H2,1-3H3. The number of ether oxygens (including phenoxy) is 1. The summed E-state index contributed by atoms with van der Waals surface area (Å²) in [5, 5.41) is 0. The van der Waals surface area contributed by atoms with Gasteiger partial charge in [-0.2, -0.15) is 0 Å². The van der Waals surface area contributed by atoms with E-state index in [0.29, 0.717) is 13.0 Å². The average Bonchev–Trinajstić information content (AvgIpc) is 2.44. The molecule has 0 aliphatic heterocycles. The molecular weight excluding hydrogens is 236 g/mol. The lowest BCUT2D eigenvalue weighted by Crippen LogP contribution is -2.39. The smallest absolute Gasteiger partial charge is 0.164 e. The highest BCUT2D eigenvalue weighted by molar-refractivity contribution is 5.86. The van der Waals surface area contributed by atoms with Crippen LogP contribution in [0, 0.1) is 0 Å². The number of aryl methyl sites for hydroxylation is 1. The maximum absolute atomic E-state index is 12.3. The van der Waals surface area contributed by atoms with Gasteiger partial charge in [0.05, 0.1) is 0 Å². The molecule has 1 aromatic rings. The molecule has 1 atom stereocenters. The summed E-state index contributed by atoms with van der Waals surface area (Å²) < 4.78 is 5.87. The Morgan fingerprint density at radius 3 is 2.42 bits per heavy atom. The van der Waals surface area contributed by atoms with E-state index >= 15 is 0 Å². The van der Waals surface area contributed by atoms with E-state index in [1.165, 1.54) is 5.56 Å². The molecule has 0 radical (unpaired) electrons. The van der Waals surface area contributed by atoms with Crippen molar-refractivity contribution in [1.82, 2.24) is 0 Å². The number of ketones is 1. The van der Waals surface area contributed by atoms with E-state index in [9.17, 15) is 4.79 Å². The minimum atomic E-state index is -0.623. The van der Waals surface area contributed by atoms with E-state index in [-0.39, 0.29) is 5.78 Å². The van der Waals surface area contributed by atoms with Crippen molar-refractivity contribution in [3.63, 3.8) is 0 Å². The van der Waals surface area contributed by atoms with E-state index < -0.39 is 5.60 Å². The molecule has 19 heavy (non-hydrogen) atoms. The van der Waals surface area contributed by atoms with Crippen LogP contribution in [-0.4, -0.2) is 18.0 Å². The Hall–Kier alpha value is -1.15. The first-order chi connectivity index (χ1) is 9.12. The van der Waals surface area contributed by atoms with Gasteiger partial charge in [0.2, 0.25) is 0 Å². The highest BCUT2D eigenvalue weighted by Gasteiger charge is 2.32. The van der Waals surface area contributed by atoms with Crippen LogP contribution in [0.25, 0.3) is 0 Å². The van der Waals surface area contributed by atoms with Crippen molar-refractivity contribution in [2.45, 2.75) is 58.5 Å². The van der Waals surface area contributed by atoms with Gasteiger partial charge in [-0.3, -0.25) is 4.79 Å². The van der Waals surface area contributed by atoms with Crippen LogP contribution in [0.2, 0.25) is 0 Å². The molecular formula is C17H26O2. The molecule has 1 aromatic carbocycles. The SMILES string of the molecule is CCCOC(C)(CCc1ccccc1)C(=O)CCC. The topological polar surface area (TPSA) is 26.3 Å². The summed E-state index contributed by atoms with van der Waals surface area (Å²) in [5.74, 6) is 0.236. The molecule has 0 spiro atoms. The Balaban J connectivity index is 2.65. The molecule has 0 bridgehead atoms. The predicted octanol–water partition coefficient (Wildman–Crippen LogP) is 4.17. The highest BCUT2D eigenvalue weighted by atomic mass is 16.5. The van der Waals surface area contributed by atoms with E-state index in [2.05, 4.69) is 19.1 Å². The molecule has 0 aliphatic rings. The molecule has 2 heteroatoms. The van der Waals surface area contributed by atoms with Gasteiger partial charge in [-0.05, 0) is 38.2 Å². The first-order valence-electron chi connectivity index (χ1n) is 7.33. The number of hydrogen-bond acceptors (Lipinski definition) is 2. The van der Waals surface area contributed by atoms with Crippen LogP contribution in [0.15, 0.2) is 30.3 Å². The second-order valence-electron chi connectivity index (χ2n) is 5.24. The van der Waals surface area contributed by atoms with Crippen LogP contribution in [0.3, 0.4) is 0 Å². The van der Waals surface area contributed by atoms with Gasteiger partial charge in [-0.25, -0.2) is 0 Å². The summed E-state index contributed by atoms with van der Waals surface area (Å²) in [6.07, 6.45) is 4.08. The third kappa shape index (κ3) is 5.15. The maximum atomic E-state index is 12.3. The number of hydrogen-bond donors (Lipinski definition) is 0. The summed E-state index contributed by atoms with van der Waals surface area (Å²) in [7, 11) is 0. The molecule has 1 unspecified atom stereocenters. The third-order valence-electron chi connectivity index (χ3n) is 3.43. The van der Waals surface area contributed by atoms with Crippen molar-refractivity contribution in [2.75, 3.05) is 6.61 Å². The lowest BCUT2D eigenvalue weighted by atomic mass is 9.90. The van der Waals surface area contributed by atoms with Crippen molar-refractivity contribution < 1.29 is 9.53 Å². The lowest BCUT2D eigenvalue weighted by molar-refractivity contribution is -0.143. The summed E-state index contributed by atoms with van der Waals surface area (Å²) in [6, 6.07) is 10.3. The Bertz CT molecular complexity index is 372. The molecule has 0 fully saturated rings. The molecule has 0 amide bonds. The van der Waals surface area contributed by atoms with Gasteiger partial charge >= 0.3 is 0 Å². The molecule has 106 valence electrons. The Labute approximate surface area is 117 Å². The minimum Gasteiger partial charge on any atom is -0.368 e. The summed E-state index contributed by atoms with van der Waals surface area (Å²) in [4.78, 5) is 12.3. The zero-order valence-electron chi connectivity index (χ0n) is 12.4.